The molecule has 4 heterocycles. The highest BCUT2D eigenvalue weighted by Gasteiger charge is 2.21. The zero-order valence-corrected chi connectivity index (χ0v) is 13.8. The topological polar surface area (TPSA) is 98.9 Å². The Balaban J connectivity index is 1.81. The molecule has 4 rings (SSSR count). The summed E-state index contributed by atoms with van der Waals surface area (Å²) in [7, 11) is 0. The molecule has 3 aromatic heterocycles. The maximum Gasteiger partial charge on any atom is 0.199 e. The SMILES string of the molecule is CCn1c(-c2nonc2N)nc2cncc(CN3CCCCC3)c21. The minimum Gasteiger partial charge on any atom is -0.379 e. The molecule has 0 saturated carbocycles. The largest absolute Gasteiger partial charge is 0.379 e. The summed E-state index contributed by atoms with van der Waals surface area (Å²) in [4.78, 5) is 11.5. The molecule has 126 valence electrons. The normalized spacial score (nSPS) is 16.0. The Morgan fingerprint density at radius 3 is 2.71 bits per heavy atom. The van der Waals surface area contributed by atoms with Gasteiger partial charge in [-0.3, -0.25) is 9.88 Å². The molecule has 24 heavy (non-hydrogen) atoms. The zero-order chi connectivity index (χ0) is 16.5. The van der Waals surface area contributed by atoms with Crippen LogP contribution in [0.5, 0.6) is 0 Å². The summed E-state index contributed by atoms with van der Waals surface area (Å²) in [6, 6.07) is 0. The average molecular weight is 327 g/mol. The van der Waals surface area contributed by atoms with Crippen molar-refractivity contribution in [1.29, 1.82) is 0 Å². The number of aromatic nitrogens is 5. The number of nitrogens with zero attached hydrogens (tertiary/aromatic N) is 6. The van der Waals surface area contributed by atoms with Crippen molar-refractivity contribution in [2.45, 2.75) is 39.3 Å². The van der Waals surface area contributed by atoms with Crippen LogP contribution in [0, 0.1) is 0 Å². The maximum absolute atomic E-state index is 5.86. The number of fused-ring (bicyclic) bond motifs is 1. The minimum atomic E-state index is 0.255. The Morgan fingerprint density at radius 2 is 2.00 bits per heavy atom. The Morgan fingerprint density at radius 1 is 1.17 bits per heavy atom. The highest BCUT2D eigenvalue weighted by molar-refractivity contribution is 5.83. The maximum atomic E-state index is 5.86. The third-order valence-corrected chi connectivity index (χ3v) is 4.61. The van der Waals surface area contributed by atoms with Crippen LogP contribution >= 0.6 is 0 Å². The van der Waals surface area contributed by atoms with Gasteiger partial charge >= 0.3 is 0 Å². The number of hydrogen-bond donors (Lipinski definition) is 1. The van der Waals surface area contributed by atoms with E-state index in [0.717, 1.165) is 37.2 Å². The predicted octanol–water partition coefficient (Wildman–Crippen LogP) is 2.07. The average Bonchev–Trinajstić information content (AvgIpc) is 3.19. The second-order valence-electron chi connectivity index (χ2n) is 6.18. The third kappa shape index (κ3) is 2.52. The van der Waals surface area contributed by atoms with Crippen molar-refractivity contribution in [2.75, 3.05) is 18.8 Å². The van der Waals surface area contributed by atoms with Gasteiger partial charge in [0.05, 0.1) is 11.7 Å². The van der Waals surface area contributed by atoms with Crippen molar-refractivity contribution in [3.05, 3.63) is 18.0 Å². The summed E-state index contributed by atoms with van der Waals surface area (Å²) in [5.41, 5.74) is 9.47. The van der Waals surface area contributed by atoms with E-state index < -0.39 is 0 Å². The fourth-order valence-corrected chi connectivity index (χ4v) is 3.47. The first-order valence-electron chi connectivity index (χ1n) is 8.41. The molecular weight excluding hydrogens is 306 g/mol. The van der Waals surface area contributed by atoms with Crippen LogP contribution in [-0.2, 0) is 13.1 Å². The van der Waals surface area contributed by atoms with Gasteiger partial charge in [-0.25, -0.2) is 9.61 Å². The van der Waals surface area contributed by atoms with Crippen molar-refractivity contribution in [1.82, 2.24) is 29.7 Å². The van der Waals surface area contributed by atoms with Gasteiger partial charge in [0.1, 0.15) is 5.52 Å². The van der Waals surface area contributed by atoms with Crippen molar-refractivity contribution in [3.63, 3.8) is 0 Å². The summed E-state index contributed by atoms with van der Waals surface area (Å²) in [6.07, 6.45) is 7.59. The lowest BCUT2D eigenvalue weighted by molar-refractivity contribution is 0.221. The lowest BCUT2D eigenvalue weighted by Gasteiger charge is -2.26. The van der Waals surface area contributed by atoms with E-state index in [0.29, 0.717) is 11.5 Å². The number of aryl methyl sites for hydroxylation is 1. The smallest absolute Gasteiger partial charge is 0.199 e. The van der Waals surface area contributed by atoms with Crippen molar-refractivity contribution in [3.8, 4) is 11.5 Å². The zero-order valence-electron chi connectivity index (χ0n) is 13.8. The highest BCUT2D eigenvalue weighted by atomic mass is 16.6. The fraction of sp³-hybridized carbons (Fsp3) is 0.500. The predicted molar refractivity (Wildman–Crippen MR) is 90.0 cm³/mol. The van der Waals surface area contributed by atoms with E-state index >= 15 is 0 Å². The van der Waals surface area contributed by atoms with Gasteiger partial charge in [-0.15, -0.1) is 0 Å². The van der Waals surface area contributed by atoms with Gasteiger partial charge in [0.2, 0.25) is 0 Å². The van der Waals surface area contributed by atoms with Gasteiger partial charge in [-0.1, -0.05) is 6.42 Å². The molecule has 0 radical (unpaired) electrons. The third-order valence-electron chi connectivity index (χ3n) is 4.61. The van der Waals surface area contributed by atoms with Crippen LogP contribution in [0.25, 0.3) is 22.6 Å². The van der Waals surface area contributed by atoms with Gasteiger partial charge in [0.25, 0.3) is 0 Å². The summed E-state index contributed by atoms with van der Waals surface area (Å²) < 4.78 is 6.86. The summed E-state index contributed by atoms with van der Waals surface area (Å²) in [5.74, 6) is 0.935. The molecule has 1 fully saturated rings. The number of imidazole rings is 1. The lowest BCUT2D eigenvalue weighted by Crippen LogP contribution is -2.29. The van der Waals surface area contributed by atoms with Crippen LogP contribution in [0.2, 0.25) is 0 Å². The molecule has 0 bridgehead atoms. The highest BCUT2D eigenvalue weighted by Crippen LogP contribution is 2.28. The number of pyridine rings is 1. The lowest BCUT2D eigenvalue weighted by atomic mass is 10.1. The second kappa shape index (κ2) is 6.20. The Hall–Kier alpha value is -2.48. The molecule has 0 unspecified atom stereocenters. The van der Waals surface area contributed by atoms with Crippen LogP contribution in [0.4, 0.5) is 5.82 Å². The number of nitrogens with two attached hydrogens (primary N) is 1. The van der Waals surface area contributed by atoms with Gasteiger partial charge in [0, 0.05) is 24.8 Å². The van der Waals surface area contributed by atoms with Crippen molar-refractivity contribution >= 4 is 16.9 Å². The van der Waals surface area contributed by atoms with Crippen molar-refractivity contribution in [2.24, 2.45) is 0 Å². The van der Waals surface area contributed by atoms with E-state index in [-0.39, 0.29) is 5.82 Å². The van der Waals surface area contributed by atoms with Crippen molar-refractivity contribution < 1.29 is 4.63 Å². The molecule has 1 aliphatic heterocycles. The molecule has 3 aromatic rings. The van der Waals surface area contributed by atoms with E-state index in [9.17, 15) is 0 Å². The second-order valence-corrected chi connectivity index (χ2v) is 6.18. The Labute approximate surface area is 139 Å². The molecule has 0 amide bonds. The number of nitrogen functional groups attached to an aromatic ring is 1. The minimum absolute atomic E-state index is 0.255. The van der Waals surface area contributed by atoms with Gasteiger partial charge in [-0.2, -0.15) is 0 Å². The van der Waals surface area contributed by atoms with Gasteiger partial charge in [0.15, 0.2) is 17.3 Å². The molecule has 1 aliphatic rings. The standard InChI is InChI=1S/C16H21N7O/c1-2-23-14-11(10-22-6-4-3-5-7-22)8-18-9-12(14)19-16(23)13-15(17)21-24-20-13/h8-9H,2-7,10H2,1H3,(H2,17,21). The number of likely N-dealkylation sites (tertiary alicyclic amines) is 1. The summed E-state index contributed by atoms with van der Waals surface area (Å²) >= 11 is 0. The molecule has 0 aromatic carbocycles. The summed E-state index contributed by atoms with van der Waals surface area (Å²) in [6.45, 7) is 6.02. The quantitative estimate of drug-likeness (QED) is 0.783. The fourth-order valence-electron chi connectivity index (χ4n) is 3.47. The van der Waals surface area contributed by atoms with Gasteiger partial charge < -0.3 is 10.3 Å². The molecule has 1 saturated heterocycles. The number of anilines is 1. The molecule has 0 atom stereocenters. The molecule has 0 aliphatic carbocycles. The van der Waals surface area contributed by atoms with E-state index in [1.165, 1.54) is 24.8 Å². The number of hydrogen-bond acceptors (Lipinski definition) is 7. The number of piperidine rings is 1. The van der Waals surface area contributed by atoms with Crippen LogP contribution in [0.1, 0.15) is 31.7 Å². The van der Waals surface area contributed by atoms with E-state index in [1.807, 2.05) is 6.20 Å². The summed E-state index contributed by atoms with van der Waals surface area (Å²) in [5, 5.41) is 7.58. The first kappa shape index (κ1) is 15.1. The van der Waals surface area contributed by atoms with Crippen LogP contribution in [0.15, 0.2) is 17.0 Å². The Kier molecular flexibility index (Phi) is 3.89. The first-order valence-corrected chi connectivity index (χ1v) is 8.41. The van der Waals surface area contributed by atoms with Crippen LogP contribution in [-0.4, -0.2) is 42.8 Å². The van der Waals surface area contributed by atoms with Crippen LogP contribution in [0.3, 0.4) is 0 Å². The molecule has 0 spiro atoms. The van der Waals surface area contributed by atoms with E-state index in [4.69, 9.17) is 10.4 Å². The monoisotopic (exact) mass is 327 g/mol. The van der Waals surface area contributed by atoms with E-state index in [2.05, 4.69) is 36.7 Å². The molecule has 2 N–H and O–H groups in total. The molecule has 8 heteroatoms. The Bertz CT molecular complexity index is 847. The molecule has 8 nitrogen and oxygen atoms in total. The first-order chi connectivity index (χ1) is 11.8. The number of rotatable bonds is 4. The molecular formula is C16H21N7O. The van der Waals surface area contributed by atoms with Gasteiger partial charge in [-0.05, 0) is 43.2 Å². The van der Waals surface area contributed by atoms with E-state index in [1.54, 1.807) is 6.20 Å². The van der Waals surface area contributed by atoms with Crippen LogP contribution < -0.4 is 5.73 Å².